The van der Waals surface area contributed by atoms with E-state index in [9.17, 15) is 0 Å². The Kier molecular flexibility index (Phi) is 3.87. The molecule has 1 aromatic heterocycles. The minimum atomic E-state index is 0.750. The Morgan fingerprint density at radius 3 is 2.89 bits per heavy atom. The van der Waals surface area contributed by atoms with Crippen molar-refractivity contribution in [1.29, 1.82) is 0 Å². The van der Waals surface area contributed by atoms with Crippen molar-refractivity contribution >= 4 is 5.69 Å². The second kappa shape index (κ2) is 5.58. The first-order valence-corrected chi connectivity index (χ1v) is 6.12. The number of rotatable bonds is 5. The van der Waals surface area contributed by atoms with Gasteiger partial charge < -0.3 is 10.1 Å². The van der Waals surface area contributed by atoms with Crippen molar-refractivity contribution in [3.63, 3.8) is 0 Å². The van der Waals surface area contributed by atoms with Gasteiger partial charge in [0.25, 0.3) is 0 Å². The van der Waals surface area contributed by atoms with Crippen molar-refractivity contribution in [2.75, 3.05) is 12.4 Å². The molecule has 0 unspecified atom stereocenters. The molecule has 4 heteroatoms. The second-order valence-electron chi connectivity index (χ2n) is 4.26. The largest absolute Gasteiger partial charge is 0.495 e. The molecular weight excluding hydrogens is 226 g/mol. The Morgan fingerprint density at radius 2 is 2.22 bits per heavy atom. The molecule has 1 heterocycles. The molecule has 2 aromatic rings. The monoisotopic (exact) mass is 245 g/mol. The molecule has 0 aliphatic heterocycles. The maximum absolute atomic E-state index is 5.33. The fourth-order valence-electron chi connectivity index (χ4n) is 1.83. The summed E-state index contributed by atoms with van der Waals surface area (Å²) < 4.78 is 7.25. The van der Waals surface area contributed by atoms with Gasteiger partial charge in [0.15, 0.2) is 0 Å². The molecule has 18 heavy (non-hydrogen) atoms. The van der Waals surface area contributed by atoms with E-state index >= 15 is 0 Å². The van der Waals surface area contributed by atoms with Crippen LogP contribution >= 0.6 is 0 Å². The molecule has 1 N–H and O–H groups in total. The van der Waals surface area contributed by atoms with Crippen molar-refractivity contribution in [1.82, 2.24) is 9.78 Å². The Bertz CT molecular complexity index is 520. The van der Waals surface area contributed by atoms with Crippen LogP contribution in [0.15, 0.2) is 30.6 Å². The number of hydrogen-bond donors (Lipinski definition) is 1. The van der Waals surface area contributed by atoms with Crippen LogP contribution in [-0.4, -0.2) is 16.9 Å². The maximum atomic E-state index is 5.33. The Morgan fingerprint density at radius 1 is 1.39 bits per heavy atom. The number of aromatic nitrogens is 2. The molecule has 0 fully saturated rings. The summed E-state index contributed by atoms with van der Waals surface area (Å²) in [4.78, 5) is 0. The van der Waals surface area contributed by atoms with Crippen LogP contribution in [0.25, 0.3) is 0 Å². The van der Waals surface area contributed by atoms with E-state index in [4.69, 9.17) is 4.74 Å². The number of hydrogen-bond acceptors (Lipinski definition) is 3. The lowest BCUT2D eigenvalue weighted by Gasteiger charge is -2.11. The van der Waals surface area contributed by atoms with Gasteiger partial charge in [-0.05, 0) is 31.5 Å². The predicted octanol–water partition coefficient (Wildman–Crippen LogP) is 2.83. The van der Waals surface area contributed by atoms with Crippen LogP contribution in [0.2, 0.25) is 0 Å². The van der Waals surface area contributed by atoms with E-state index in [1.54, 1.807) is 7.11 Å². The van der Waals surface area contributed by atoms with E-state index in [-0.39, 0.29) is 0 Å². The van der Waals surface area contributed by atoms with Gasteiger partial charge in [-0.3, -0.25) is 4.68 Å². The number of nitrogens with zero attached hydrogens (tertiary/aromatic N) is 2. The molecule has 0 saturated carbocycles. The average molecular weight is 245 g/mol. The molecule has 96 valence electrons. The molecule has 2 rings (SSSR count). The quantitative estimate of drug-likeness (QED) is 0.880. The number of benzene rings is 1. The van der Waals surface area contributed by atoms with Crippen LogP contribution < -0.4 is 10.1 Å². The van der Waals surface area contributed by atoms with Crippen molar-refractivity contribution < 1.29 is 4.74 Å². The first-order chi connectivity index (χ1) is 8.72. The summed E-state index contributed by atoms with van der Waals surface area (Å²) in [6, 6.07) is 6.11. The fourth-order valence-corrected chi connectivity index (χ4v) is 1.83. The molecule has 0 radical (unpaired) electrons. The highest BCUT2D eigenvalue weighted by Gasteiger charge is 2.03. The van der Waals surface area contributed by atoms with Crippen molar-refractivity contribution in [3.8, 4) is 5.75 Å². The van der Waals surface area contributed by atoms with E-state index in [0.717, 1.165) is 24.5 Å². The molecule has 0 saturated heterocycles. The summed E-state index contributed by atoms with van der Waals surface area (Å²) in [6.07, 6.45) is 3.94. The maximum Gasteiger partial charge on any atom is 0.141 e. The van der Waals surface area contributed by atoms with Crippen LogP contribution in [-0.2, 0) is 13.1 Å². The minimum absolute atomic E-state index is 0.750. The van der Waals surface area contributed by atoms with Crippen LogP contribution in [0.5, 0.6) is 5.75 Å². The standard InChI is InChI=1S/C14H19N3O/c1-4-17-10-12(9-16-17)8-15-13-7-11(2)5-6-14(13)18-3/h5-7,9-10,15H,4,8H2,1-3H3. The van der Waals surface area contributed by atoms with E-state index in [0.29, 0.717) is 0 Å². The lowest BCUT2D eigenvalue weighted by Crippen LogP contribution is -2.01. The summed E-state index contributed by atoms with van der Waals surface area (Å²) >= 11 is 0. The summed E-state index contributed by atoms with van der Waals surface area (Å²) in [6.45, 7) is 5.79. The predicted molar refractivity (Wildman–Crippen MR) is 73.0 cm³/mol. The molecule has 0 spiro atoms. The molecule has 0 bridgehead atoms. The van der Waals surface area contributed by atoms with Crippen LogP contribution in [0.3, 0.4) is 0 Å². The molecule has 0 amide bonds. The number of nitrogens with one attached hydrogen (secondary N) is 1. The fraction of sp³-hybridized carbons (Fsp3) is 0.357. The third kappa shape index (κ3) is 2.83. The zero-order valence-electron chi connectivity index (χ0n) is 11.1. The molecule has 0 aliphatic rings. The van der Waals surface area contributed by atoms with E-state index in [1.165, 1.54) is 11.1 Å². The van der Waals surface area contributed by atoms with Crippen LogP contribution in [0.1, 0.15) is 18.1 Å². The zero-order valence-corrected chi connectivity index (χ0v) is 11.1. The Balaban J connectivity index is 2.07. The topological polar surface area (TPSA) is 39.1 Å². The van der Waals surface area contributed by atoms with E-state index in [2.05, 4.69) is 36.5 Å². The lowest BCUT2D eigenvalue weighted by molar-refractivity contribution is 0.416. The number of ether oxygens (including phenoxy) is 1. The van der Waals surface area contributed by atoms with Gasteiger partial charge in [-0.1, -0.05) is 6.07 Å². The van der Waals surface area contributed by atoms with Gasteiger partial charge >= 0.3 is 0 Å². The third-order valence-electron chi connectivity index (χ3n) is 2.85. The normalized spacial score (nSPS) is 10.4. The van der Waals surface area contributed by atoms with Crippen LogP contribution in [0, 0.1) is 6.92 Å². The van der Waals surface area contributed by atoms with Gasteiger partial charge in [0, 0.05) is 24.8 Å². The third-order valence-corrected chi connectivity index (χ3v) is 2.85. The summed E-state index contributed by atoms with van der Waals surface area (Å²) in [7, 11) is 1.69. The van der Waals surface area contributed by atoms with Crippen molar-refractivity contribution in [2.24, 2.45) is 0 Å². The SMILES string of the molecule is CCn1cc(CNc2cc(C)ccc2OC)cn1. The number of methoxy groups -OCH3 is 1. The smallest absolute Gasteiger partial charge is 0.141 e. The van der Waals surface area contributed by atoms with Crippen molar-refractivity contribution in [2.45, 2.75) is 26.9 Å². The highest BCUT2D eigenvalue weighted by atomic mass is 16.5. The first-order valence-electron chi connectivity index (χ1n) is 6.12. The van der Waals surface area contributed by atoms with Gasteiger partial charge in [-0.15, -0.1) is 0 Å². The Labute approximate surface area is 108 Å². The molecule has 0 aliphatic carbocycles. The molecule has 1 aromatic carbocycles. The highest BCUT2D eigenvalue weighted by Crippen LogP contribution is 2.25. The number of anilines is 1. The van der Waals surface area contributed by atoms with E-state index in [1.807, 2.05) is 23.0 Å². The van der Waals surface area contributed by atoms with Gasteiger partial charge in [-0.25, -0.2) is 0 Å². The Hall–Kier alpha value is -1.97. The van der Waals surface area contributed by atoms with Gasteiger partial charge in [-0.2, -0.15) is 5.10 Å². The molecule has 4 nitrogen and oxygen atoms in total. The van der Waals surface area contributed by atoms with E-state index < -0.39 is 0 Å². The second-order valence-corrected chi connectivity index (χ2v) is 4.26. The summed E-state index contributed by atoms with van der Waals surface area (Å²) in [5.41, 5.74) is 3.39. The van der Waals surface area contributed by atoms with Crippen LogP contribution in [0.4, 0.5) is 5.69 Å². The van der Waals surface area contributed by atoms with Gasteiger partial charge in [0.05, 0.1) is 19.0 Å². The van der Waals surface area contributed by atoms with Gasteiger partial charge in [0.1, 0.15) is 5.75 Å². The molecular formula is C14H19N3O. The van der Waals surface area contributed by atoms with Crippen molar-refractivity contribution in [3.05, 3.63) is 41.7 Å². The van der Waals surface area contributed by atoms with Gasteiger partial charge in [0.2, 0.25) is 0 Å². The molecule has 0 atom stereocenters. The zero-order chi connectivity index (χ0) is 13.0. The lowest BCUT2D eigenvalue weighted by atomic mass is 10.2. The summed E-state index contributed by atoms with van der Waals surface area (Å²) in [5.74, 6) is 0.864. The summed E-state index contributed by atoms with van der Waals surface area (Å²) in [5, 5.41) is 7.63. The minimum Gasteiger partial charge on any atom is -0.495 e. The highest BCUT2D eigenvalue weighted by molar-refractivity contribution is 5.58. The average Bonchev–Trinajstić information content (AvgIpc) is 2.84. The number of aryl methyl sites for hydroxylation is 2. The first kappa shape index (κ1) is 12.5.